The maximum atomic E-state index is 13.4. The smallest absolute Gasteiger partial charge is 0.295 e. The molecule has 0 aliphatic heterocycles. The lowest BCUT2D eigenvalue weighted by Crippen LogP contribution is -2.20. The Bertz CT molecular complexity index is 850. The van der Waals surface area contributed by atoms with E-state index in [1.165, 1.54) is 16.8 Å². The fraction of sp³-hybridized carbons (Fsp3) is 0.0625. The molecule has 0 saturated carbocycles. The first-order valence-corrected chi connectivity index (χ1v) is 6.48. The lowest BCUT2D eigenvalue weighted by atomic mass is 10.1. The largest absolute Gasteiger partial charge is 0.392 e. The van der Waals surface area contributed by atoms with Crippen molar-refractivity contribution >= 4 is 5.69 Å². The third kappa shape index (κ3) is 2.12. The normalized spacial score (nSPS) is 10.8. The van der Waals surface area contributed by atoms with Crippen LogP contribution in [0.25, 0.3) is 16.9 Å². The molecule has 0 unspecified atom stereocenters. The second-order valence-corrected chi connectivity index (χ2v) is 4.75. The van der Waals surface area contributed by atoms with Crippen molar-refractivity contribution in [1.82, 2.24) is 9.36 Å². The molecule has 3 rings (SSSR count). The monoisotopic (exact) mass is 283 g/mol. The number of benzene rings is 2. The summed E-state index contributed by atoms with van der Waals surface area (Å²) in [6.07, 6.45) is 0. The zero-order valence-electron chi connectivity index (χ0n) is 11.5. The molecule has 0 spiro atoms. The quantitative estimate of drug-likeness (QED) is 0.786. The molecule has 0 aliphatic rings. The Morgan fingerprint density at radius 1 is 1.05 bits per heavy atom. The number of halogens is 1. The van der Waals surface area contributed by atoms with Crippen LogP contribution in [0.15, 0.2) is 59.4 Å². The summed E-state index contributed by atoms with van der Waals surface area (Å²) in [5, 5.41) is 0. The zero-order valence-corrected chi connectivity index (χ0v) is 11.5. The molecule has 0 amide bonds. The molecular weight excluding hydrogens is 269 g/mol. The first-order chi connectivity index (χ1) is 10.1. The van der Waals surface area contributed by atoms with E-state index in [0.29, 0.717) is 11.4 Å². The van der Waals surface area contributed by atoms with Crippen LogP contribution in [0.3, 0.4) is 0 Å². The standard InChI is InChI=1S/C16H14FN3O/c1-19-15(11-6-3-2-4-7-11)14(18)16(21)20(19)13-9-5-8-12(17)10-13/h2-10H,18H2,1H3. The van der Waals surface area contributed by atoms with Gasteiger partial charge in [-0.3, -0.25) is 9.48 Å². The molecule has 0 bridgehead atoms. The molecule has 1 aromatic heterocycles. The number of aromatic nitrogens is 2. The van der Waals surface area contributed by atoms with Gasteiger partial charge in [0, 0.05) is 12.6 Å². The molecule has 2 N–H and O–H groups in total. The van der Waals surface area contributed by atoms with Crippen molar-refractivity contribution in [1.29, 1.82) is 0 Å². The summed E-state index contributed by atoms with van der Waals surface area (Å²) < 4.78 is 16.4. The highest BCUT2D eigenvalue weighted by Crippen LogP contribution is 2.24. The molecule has 1 heterocycles. The first kappa shape index (κ1) is 13.2. The highest BCUT2D eigenvalue weighted by atomic mass is 19.1. The molecular formula is C16H14FN3O. The average Bonchev–Trinajstić information content (AvgIpc) is 2.70. The van der Waals surface area contributed by atoms with Crippen LogP contribution in [0.4, 0.5) is 10.1 Å². The Balaban J connectivity index is 2.28. The summed E-state index contributed by atoms with van der Waals surface area (Å²) >= 11 is 0. The van der Waals surface area contributed by atoms with Gasteiger partial charge in [0.15, 0.2) is 0 Å². The maximum absolute atomic E-state index is 13.4. The van der Waals surface area contributed by atoms with Gasteiger partial charge in [0.05, 0.1) is 11.4 Å². The van der Waals surface area contributed by atoms with Crippen molar-refractivity contribution in [2.75, 3.05) is 5.73 Å². The topological polar surface area (TPSA) is 52.9 Å². The summed E-state index contributed by atoms with van der Waals surface area (Å²) in [6, 6.07) is 15.2. The van der Waals surface area contributed by atoms with Gasteiger partial charge in [-0.15, -0.1) is 0 Å². The van der Waals surface area contributed by atoms with Crippen LogP contribution in [-0.4, -0.2) is 9.36 Å². The molecule has 3 aromatic rings. The lowest BCUT2D eigenvalue weighted by molar-refractivity contribution is 0.614. The van der Waals surface area contributed by atoms with Gasteiger partial charge in [-0.05, 0) is 18.2 Å². The number of nitrogens with zero attached hydrogens (tertiary/aromatic N) is 2. The van der Waals surface area contributed by atoms with Crippen molar-refractivity contribution in [3.63, 3.8) is 0 Å². The van der Waals surface area contributed by atoms with E-state index in [-0.39, 0.29) is 11.2 Å². The van der Waals surface area contributed by atoms with Crippen molar-refractivity contribution in [3.8, 4) is 16.9 Å². The van der Waals surface area contributed by atoms with Gasteiger partial charge >= 0.3 is 0 Å². The Kier molecular flexibility index (Phi) is 3.10. The third-order valence-corrected chi connectivity index (χ3v) is 3.40. The van der Waals surface area contributed by atoms with Crippen molar-refractivity contribution in [2.24, 2.45) is 7.05 Å². The van der Waals surface area contributed by atoms with Gasteiger partial charge in [-0.1, -0.05) is 36.4 Å². The molecule has 0 atom stereocenters. The van der Waals surface area contributed by atoms with Gasteiger partial charge in [0.1, 0.15) is 11.5 Å². The van der Waals surface area contributed by atoms with Gasteiger partial charge in [0.25, 0.3) is 5.56 Å². The number of anilines is 1. The van der Waals surface area contributed by atoms with Crippen LogP contribution in [0, 0.1) is 5.82 Å². The van der Waals surface area contributed by atoms with Crippen LogP contribution in [-0.2, 0) is 7.05 Å². The van der Waals surface area contributed by atoms with Crippen LogP contribution in [0.2, 0.25) is 0 Å². The molecule has 0 radical (unpaired) electrons. The highest BCUT2D eigenvalue weighted by molar-refractivity contribution is 5.73. The highest BCUT2D eigenvalue weighted by Gasteiger charge is 2.17. The molecule has 0 saturated heterocycles. The minimum Gasteiger partial charge on any atom is -0.392 e. The second kappa shape index (κ2) is 4.94. The minimum absolute atomic E-state index is 0.146. The van der Waals surface area contributed by atoms with E-state index in [9.17, 15) is 9.18 Å². The predicted octanol–water partition coefficient (Wildman–Crippen LogP) is 2.56. The Labute approximate surface area is 120 Å². The molecule has 0 fully saturated rings. The van der Waals surface area contributed by atoms with Crippen molar-refractivity contribution in [2.45, 2.75) is 0 Å². The number of hydrogen-bond acceptors (Lipinski definition) is 2. The Hall–Kier alpha value is -2.82. The maximum Gasteiger partial charge on any atom is 0.295 e. The fourth-order valence-corrected chi connectivity index (χ4v) is 2.46. The van der Waals surface area contributed by atoms with E-state index >= 15 is 0 Å². The SMILES string of the molecule is Cn1c(-c2ccccc2)c(N)c(=O)n1-c1cccc(F)c1. The summed E-state index contributed by atoms with van der Waals surface area (Å²) in [4.78, 5) is 12.4. The average molecular weight is 283 g/mol. The van der Waals surface area contributed by atoms with Crippen LogP contribution >= 0.6 is 0 Å². The zero-order chi connectivity index (χ0) is 15.0. The number of nitrogens with two attached hydrogens (primary N) is 1. The van der Waals surface area contributed by atoms with Crippen LogP contribution in [0.1, 0.15) is 0 Å². The Morgan fingerprint density at radius 3 is 2.43 bits per heavy atom. The molecule has 2 aromatic carbocycles. The lowest BCUT2D eigenvalue weighted by Gasteiger charge is -2.10. The van der Waals surface area contributed by atoms with Gasteiger partial charge in [0.2, 0.25) is 0 Å². The summed E-state index contributed by atoms with van der Waals surface area (Å²) in [5.74, 6) is -0.402. The summed E-state index contributed by atoms with van der Waals surface area (Å²) in [6.45, 7) is 0. The molecule has 4 nitrogen and oxygen atoms in total. The van der Waals surface area contributed by atoms with Gasteiger partial charge in [-0.25, -0.2) is 9.07 Å². The molecule has 0 aliphatic carbocycles. The minimum atomic E-state index is -0.402. The van der Waals surface area contributed by atoms with Gasteiger partial charge in [-0.2, -0.15) is 0 Å². The molecule has 106 valence electrons. The van der Waals surface area contributed by atoms with Crippen LogP contribution in [0.5, 0.6) is 0 Å². The van der Waals surface area contributed by atoms with Crippen LogP contribution < -0.4 is 11.3 Å². The number of rotatable bonds is 2. The van der Waals surface area contributed by atoms with E-state index < -0.39 is 5.82 Å². The number of nitrogen functional groups attached to an aromatic ring is 1. The van der Waals surface area contributed by atoms with E-state index in [0.717, 1.165) is 5.56 Å². The Morgan fingerprint density at radius 2 is 1.76 bits per heavy atom. The summed E-state index contributed by atoms with van der Waals surface area (Å²) in [7, 11) is 1.73. The second-order valence-electron chi connectivity index (χ2n) is 4.75. The first-order valence-electron chi connectivity index (χ1n) is 6.48. The van der Waals surface area contributed by atoms with E-state index in [4.69, 9.17) is 5.73 Å². The third-order valence-electron chi connectivity index (χ3n) is 3.40. The van der Waals surface area contributed by atoms with E-state index in [1.807, 2.05) is 30.3 Å². The molecule has 5 heteroatoms. The van der Waals surface area contributed by atoms with Crippen molar-refractivity contribution < 1.29 is 4.39 Å². The van der Waals surface area contributed by atoms with Gasteiger partial charge < -0.3 is 5.73 Å². The fourth-order valence-electron chi connectivity index (χ4n) is 2.46. The summed E-state index contributed by atoms with van der Waals surface area (Å²) in [5.41, 5.74) is 7.65. The van der Waals surface area contributed by atoms with E-state index in [2.05, 4.69) is 0 Å². The van der Waals surface area contributed by atoms with Crippen molar-refractivity contribution in [3.05, 3.63) is 70.8 Å². The predicted molar refractivity (Wildman–Crippen MR) is 80.8 cm³/mol. The molecule has 21 heavy (non-hydrogen) atoms. The number of hydrogen-bond donors (Lipinski definition) is 1. The van der Waals surface area contributed by atoms with E-state index in [1.54, 1.807) is 23.9 Å².